The second-order valence-corrected chi connectivity index (χ2v) is 5.00. The molecular formula is C14H26O4. The number of hydrogen-bond acceptors (Lipinski definition) is 2. The lowest BCUT2D eigenvalue weighted by Crippen LogP contribution is -2.08. The summed E-state index contributed by atoms with van der Waals surface area (Å²) in [5, 5.41) is 17.2. The Hall–Kier alpha value is -1.06. The molecule has 0 saturated heterocycles. The molecule has 2 N–H and O–H groups in total. The Morgan fingerprint density at radius 3 is 1.72 bits per heavy atom. The van der Waals surface area contributed by atoms with Crippen molar-refractivity contribution in [3.8, 4) is 0 Å². The fourth-order valence-corrected chi connectivity index (χ4v) is 1.91. The van der Waals surface area contributed by atoms with Crippen molar-refractivity contribution in [1.82, 2.24) is 0 Å². The highest BCUT2D eigenvalue weighted by Crippen LogP contribution is 2.13. The summed E-state index contributed by atoms with van der Waals surface area (Å²) < 4.78 is 0. The van der Waals surface area contributed by atoms with Gasteiger partial charge in [0.15, 0.2) is 0 Å². The lowest BCUT2D eigenvalue weighted by atomic mass is 10.0. The van der Waals surface area contributed by atoms with Crippen LogP contribution in [0.3, 0.4) is 0 Å². The summed E-state index contributed by atoms with van der Waals surface area (Å²) >= 11 is 0. The van der Waals surface area contributed by atoms with Gasteiger partial charge in [0.05, 0.1) is 5.92 Å². The van der Waals surface area contributed by atoms with Crippen molar-refractivity contribution in [1.29, 1.82) is 0 Å². The average molecular weight is 258 g/mol. The molecule has 0 heterocycles. The first kappa shape index (κ1) is 16.9. The summed E-state index contributed by atoms with van der Waals surface area (Å²) in [4.78, 5) is 20.8. The van der Waals surface area contributed by atoms with Gasteiger partial charge in [0, 0.05) is 6.42 Å². The number of hydrogen-bond donors (Lipinski definition) is 2. The highest BCUT2D eigenvalue weighted by molar-refractivity contribution is 5.69. The summed E-state index contributed by atoms with van der Waals surface area (Å²) in [6.07, 6.45) is 9.54. The van der Waals surface area contributed by atoms with E-state index in [-0.39, 0.29) is 12.3 Å². The SMILES string of the molecule is CC(CCCCCCCCCCC(=O)O)C(=O)O. The largest absolute Gasteiger partial charge is 0.481 e. The maximum Gasteiger partial charge on any atom is 0.306 e. The Bertz CT molecular complexity index is 238. The van der Waals surface area contributed by atoms with Crippen LogP contribution in [-0.4, -0.2) is 22.2 Å². The molecule has 0 aliphatic heterocycles. The van der Waals surface area contributed by atoms with E-state index in [9.17, 15) is 9.59 Å². The van der Waals surface area contributed by atoms with Gasteiger partial charge >= 0.3 is 11.9 Å². The van der Waals surface area contributed by atoms with Crippen molar-refractivity contribution in [2.24, 2.45) is 5.92 Å². The maximum atomic E-state index is 10.6. The lowest BCUT2D eigenvalue weighted by Gasteiger charge is -2.05. The van der Waals surface area contributed by atoms with Crippen LogP contribution >= 0.6 is 0 Å². The van der Waals surface area contributed by atoms with E-state index in [1.54, 1.807) is 6.92 Å². The number of unbranched alkanes of at least 4 members (excludes halogenated alkanes) is 7. The first-order valence-corrected chi connectivity index (χ1v) is 6.98. The predicted octanol–water partition coefficient (Wildman–Crippen LogP) is 3.69. The predicted molar refractivity (Wildman–Crippen MR) is 70.6 cm³/mol. The van der Waals surface area contributed by atoms with Crippen molar-refractivity contribution < 1.29 is 19.8 Å². The van der Waals surface area contributed by atoms with Crippen molar-refractivity contribution in [3.63, 3.8) is 0 Å². The Labute approximate surface area is 109 Å². The minimum Gasteiger partial charge on any atom is -0.481 e. The smallest absolute Gasteiger partial charge is 0.306 e. The van der Waals surface area contributed by atoms with Crippen LogP contribution in [0.5, 0.6) is 0 Å². The molecule has 4 nitrogen and oxygen atoms in total. The molecular weight excluding hydrogens is 232 g/mol. The van der Waals surface area contributed by atoms with Gasteiger partial charge in [-0.1, -0.05) is 51.9 Å². The molecule has 0 aromatic carbocycles. The summed E-state index contributed by atoms with van der Waals surface area (Å²) in [7, 11) is 0. The minimum atomic E-state index is -0.706. The molecule has 18 heavy (non-hydrogen) atoms. The van der Waals surface area contributed by atoms with Crippen molar-refractivity contribution >= 4 is 11.9 Å². The highest BCUT2D eigenvalue weighted by Gasteiger charge is 2.09. The third kappa shape index (κ3) is 11.4. The molecule has 0 fully saturated rings. The van der Waals surface area contributed by atoms with Crippen LogP contribution in [0.15, 0.2) is 0 Å². The Morgan fingerprint density at radius 1 is 0.833 bits per heavy atom. The fraction of sp³-hybridized carbons (Fsp3) is 0.857. The topological polar surface area (TPSA) is 74.6 Å². The zero-order valence-corrected chi connectivity index (χ0v) is 11.4. The second-order valence-electron chi connectivity index (χ2n) is 5.00. The van der Waals surface area contributed by atoms with E-state index >= 15 is 0 Å². The summed E-state index contributed by atoms with van der Waals surface area (Å²) in [6.45, 7) is 1.75. The molecule has 0 saturated carbocycles. The number of carbonyl (C=O) groups is 2. The van der Waals surface area contributed by atoms with Crippen LogP contribution < -0.4 is 0 Å². The van der Waals surface area contributed by atoms with Crippen molar-refractivity contribution in [2.45, 2.75) is 71.1 Å². The maximum absolute atomic E-state index is 10.6. The van der Waals surface area contributed by atoms with Gasteiger partial charge in [-0.3, -0.25) is 9.59 Å². The molecule has 0 aliphatic carbocycles. The Morgan fingerprint density at radius 2 is 1.28 bits per heavy atom. The minimum absolute atomic E-state index is 0.221. The van der Waals surface area contributed by atoms with Gasteiger partial charge < -0.3 is 10.2 Å². The van der Waals surface area contributed by atoms with E-state index in [1.165, 1.54) is 6.42 Å². The molecule has 1 unspecified atom stereocenters. The van der Waals surface area contributed by atoms with Crippen LogP contribution in [0.25, 0.3) is 0 Å². The summed E-state index contributed by atoms with van der Waals surface area (Å²) in [5.74, 6) is -1.63. The second kappa shape index (κ2) is 11.1. The Kier molecular flexibility index (Phi) is 10.4. The molecule has 0 aromatic heterocycles. The normalized spacial score (nSPS) is 12.3. The molecule has 0 aromatic rings. The monoisotopic (exact) mass is 258 g/mol. The number of rotatable bonds is 12. The fourth-order valence-electron chi connectivity index (χ4n) is 1.91. The molecule has 0 rings (SSSR count). The molecule has 0 amide bonds. The lowest BCUT2D eigenvalue weighted by molar-refractivity contribution is -0.141. The van der Waals surface area contributed by atoms with Gasteiger partial charge in [-0.05, 0) is 12.8 Å². The van der Waals surface area contributed by atoms with Crippen LogP contribution in [-0.2, 0) is 9.59 Å². The van der Waals surface area contributed by atoms with E-state index in [2.05, 4.69) is 0 Å². The van der Waals surface area contributed by atoms with E-state index in [4.69, 9.17) is 10.2 Å². The van der Waals surface area contributed by atoms with E-state index < -0.39 is 11.9 Å². The molecule has 0 bridgehead atoms. The van der Waals surface area contributed by atoms with Gasteiger partial charge in [0.1, 0.15) is 0 Å². The van der Waals surface area contributed by atoms with Crippen LogP contribution in [0, 0.1) is 5.92 Å². The quantitative estimate of drug-likeness (QED) is 0.523. The molecule has 1 atom stereocenters. The third-order valence-electron chi connectivity index (χ3n) is 3.20. The first-order chi connectivity index (χ1) is 8.54. The third-order valence-corrected chi connectivity index (χ3v) is 3.20. The molecule has 106 valence electrons. The molecule has 0 radical (unpaired) electrons. The van der Waals surface area contributed by atoms with Gasteiger partial charge in [0.25, 0.3) is 0 Å². The summed E-state index contributed by atoms with van der Waals surface area (Å²) in [5.41, 5.74) is 0. The van der Waals surface area contributed by atoms with Crippen molar-refractivity contribution in [2.75, 3.05) is 0 Å². The van der Waals surface area contributed by atoms with Crippen LogP contribution in [0.1, 0.15) is 71.1 Å². The Balaban J connectivity index is 3.12. The van der Waals surface area contributed by atoms with Crippen molar-refractivity contribution in [3.05, 3.63) is 0 Å². The number of carboxylic acid groups (broad SMARTS) is 2. The summed E-state index contributed by atoms with van der Waals surface area (Å²) in [6, 6.07) is 0. The molecule has 4 heteroatoms. The zero-order chi connectivity index (χ0) is 13.8. The number of carboxylic acids is 2. The zero-order valence-electron chi connectivity index (χ0n) is 11.4. The van der Waals surface area contributed by atoms with Gasteiger partial charge in [-0.25, -0.2) is 0 Å². The number of aliphatic carboxylic acids is 2. The highest BCUT2D eigenvalue weighted by atomic mass is 16.4. The molecule has 0 aliphatic rings. The molecule has 0 spiro atoms. The van der Waals surface area contributed by atoms with Crippen LogP contribution in [0.2, 0.25) is 0 Å². The van der Waals surface area contributed by atoms with Gasteiger partial charge in [-0.15, -0.1) is 0 Å². The first-order valence-electron chi connectivity index (χ1n) is 6.98. The van der Waals surface area contributed by atoms with Gasteiger partial charge in [0.2, 0.25) is 0 Å². The average Bonchev–Trinajstić information content (AvgIpc) is 2.30. The van der Waals surface area contributed by atoms with E-state index in [1.807, 2.05) is 0 Å². The van der Waals surface area contributed by atoms with E-state index in [0.717, 1.165) is 51.4 Å². The van der Waals surface area contributed by atoms with Crippen LogP contribution in [0.4, 0.5) is 0 Å². The van der Waals surface area contributed by atoms with E-state index in [0.29, 0.717) is 0 Å². The van der Waals surface area contributed by atoms with Gasteiger partial charge in [-0.2, -0.15) is 0 Å². The standard InChI is InChI=1S/C14H26O4/c1-12(14(17)18)10-8-6-4-2-3-5-7-9-11-13(15)16/h12H,2-11H2,1H3,(H,15,16)(H,17,18).